The summed E-state index contributed by atoms with van der Waals surface area (Å²) in [6, 6.07) is 11.5. The van der Waals surface area contributed by atoms with Crippen molar-refractivity contribution in [1.82, 2.24) is 9.21 Å². The predicted octanol–water partition coefficient (Wildman–Crippen LogP) is 1.44. The van der Waals surface area contributed by atoms with Crippen LogP contribution in [0.1, 0.15) is 19.4 Å². The Morgan fingerprint density at radius 1 is 1.14 bits per heavy atom. The Bertz CT molecular complexity index is 612. The maximum atomic E-state index is 12.4. The molecule has 1 heterocycles. The van der Waals surface area contributed by atoms with Gasteiger partial charge in [0.2, 0.25) is 10.0 Å². The van der Waals surface area contributed by atoms with Gasteiger partial charge < -0.3 is 0 Å². The molecule has 114 valence electrons. The van der Waals surface area contributed by atoms with Crippen LogP contribution in [0, 0.1) is 11.3 Å². The van der Waals surface area contributed by atoms with Gasteiger partial charge in [0.25, 0.3) is 0 Å². The van der Waals surface area contributed by atoms with Crippen LogP contribution in [-0.4, -0.2) is 49.3 Å². The highest BCUT2D eigenvalue weighted by atomic mass is 32.2. The average Bonchev–Trinajstić information content (AvgIpc) is 2.48. The van der Waals surface area contributed by atoms with E-state index >= 15 is 0 Å². The van der Waals surface area contributed by atoms with Crippen LogP contribution in [0.5, 0.6) is 0 Å². The fraction of sp³-hybridized carbons (Fsp3) is 0.533. The van der Waals surface area contributed by atoms with E-state index < -0.39 is 15.6 Å². The van der Waals surface area contributed by atoms with Gasteiger partial charge in [-0.25, -0.2) is 8.42 Å². The molecule has 5 nitrogen and oxygen atoms in total. The zero-order valence-corrected chi connectivity index (χ0v) is 13.3. The molecule has 0 atom stereocenters. The molecule has 0 N–H and O–H groups in total. The minimum atomic E-state index is -3.29. The third kappa shape index (κ3) is 3.82. The quantitative estimate of drug-likeness (QED) is 0.844. The summed E-state index contributed by atoms with van der Waals surface area (Å²) in [5, 5.41) is 9.14. The summed E-state index contributed by atoms with van der Waals surface area (Å²) in [7, 11) is -3.29. The van der Waals surface area contributed by atoms with Crippen LogP contribution in [0.25, 0.3) is 0 Å². The van der Waals surface area contributed by atoms with Crippen LogP contribution in [0.4, 0.5) is 0 Å². The summed E-state index contributed by atoms with van der Waals surface area (Å²) < 4.78 is 26.4. The van der Waals surface area contributed by atoms with Crippen molar-refractivity contribution in [3.05, 3.63) is 35.9 Å². The summed E-state index contributed by atoms with van der Waals surface area (Å²) >= 11 is 0. The highest BCUT2D eigenvalue weighted by Crippen LogP contribution is 2.19. The Morgan fingerprint density at radius 2 is 1.71 bits per heavy atom. The van der Waals surface area contributed by atoms with E-state index in [1.165, 1.54) is 4.31 Å². The fourth-order valence-corrected chi connectivity index (χ4v) is 3.99. The molecule has 0 spiro atoms. The van der Waals surface area contributed by atoms with E-state index in [9.17, 15) is 8.42 Å². The molecule has 1 fully saturated rings. The minimum absolute atomic E-state index is 0.0372. The Labute approximate surface area is 126 Å². The zero-order valence-electron chi connectivity index (χ0n) is 12.5. The second-order valence-corrected chi connectivity index (χ2v) is 7.77. The van der Waals surface area contributed by atoms with Crippen LogP contribution in [0.2, 0.25) is 0 Å². The highest BCUT2D eigenvalue weighted by molar-refractivity contribution is 7.88. The third-order valence-electron chi connectivity index (χ3n) is 3.89. The van der Waals surface area contributed by atoms with Crippen molar-refractivity contribution in [2.45, 2.75) is 25.1 Å². The number of nitriles is 1. The van der Waals surface area contributed by atoms with E-state index in [0.29, 0.717) is 26.2 Å². The molecule has 2 rings (SSSR count). The van der Waals surface area contributed by atoms with Crippen LogP contribution in [-0.2, 0) is 15.8 Å². The maximum Gasteiger partial charge on any atom is 0.218 e. The van der Waals surface area contributed by atoms with E-state index in [1.54, 1.807) is 0 Å². The molecule has 1 aromatic carbocycles. The number of nitrogens with zero attached hydrogens (tertiary/aromatic N) is 3. The normalized spacial score (nSPS) is 18.3. The molecule has 1 aliphatic heterocycles. The molecule has 21 heavy (non-hydrogen) atoms. The van der Waals surface area contributed by atoms with Crippen LogP contribution >= 0.6 is 0 Å². The van der Waals surface area contributed by atoms with Gasteiger partial charge in [0.1, 0.15) is 5.54 Å². The van der Waals surface area contributed by atoms with Crippen LogP contribution in [0.15, 0.2) is 30.3 Å². The maximum absolute atomic E-state index is 12.4. The minimum Gasteiger partial charge on any atom is -0.283 e. The number of rotatable bonds is 4. The lowest BCUT2D eigenvalue weighted by Gasteiger charge is -2.39. The molecule has 6 heteroatoms. The predicted molar refractivity (Wildman–Crippen MR) is 81.9 cm³/mol. The second-order valence-electron chi connectivity index (χ2n) is 5.80. The van der Waals surface area contributed by atoms with Crippen molar-refractivity contribution in [3.63, 3.8) is 0 Å². The lowest BCUT2D eigenvalue weighted by atomic mass is 10.0. The number of hydrogen-bond donors (Lipinski definition) is 0. The first kappa shape index (κ1) is 16.0. The first-order valence-electron chi connectivity index (χ1n) is 7.03. The number of piperazine rings is 1. The topological polar surface area (TPSA) is 64.4 Å². The first-order valence-corrected chi connectivity index (χ1v) is 8.64. The molecule has 0 radical (unpaired) electrons. The summed E-state index contributed by atoms with van der Waals surface area (Å²) in [6.07, 6.45) is 0. The van der Waals surface area contributed by atoms with E-state index in [2.05, 4.69) is 6.07 Å². The van der Waals surface area contributed by atoms with E-state index in [0.717, 1.165) is 5.56 Å². The number of hydrogen-bond acceptors (Lipinski definition) is 4. The molecule has 0 saturated carbocycles. The Morgan fingerprint density at radius 3 is 2.24 bits per heavy atom. The van der Waals surface area contributed by atoms with Gasteiger partial charge in [-0.2, -0.15) is 9.57 Å². The smallest absolute Gasteiger partial charge is 0.218 e. The monoisotopic (exact) mass is 307 g/mol. The average molecular weight is 307 g/mol. The van der Waals surface area contributed by atoms with Crippen LogP contribution < -0.4 is 0 Å². The molecule has 0 bridgehead atoms. The van der Waals surface area contributed by atoms with Gasteiger partial charge in [0.05, 0.1) is 11.8 Å². The molecule has 1 aromatic rings. The van der Waals surface area contributed by atoms with Crippen molar-refractivity contribution in [1.29, 1.82) is 5.26 Å². The first-order chi connectivity index (χ1) is 9.85. The van der Waals surface area contributed by atoms with E-state index in [4.69, 9.17) is 5.26 Å². The lowest BCUT2D eigenvalue weighted by Crippen LogP contribution is -2.55. The van der Waals surface area contributed by atoms with Gasteiger partial charge >= 0.3 is 0 Å². The van der Waals surface area contributed by atoms with Gasteiger partial charge in [0.15, 0.2) is 0 Å². The van der Waals surface area contributed by atoms with Crippen molar-refractivity contribution in [3.8, 4) is 6.07 Å². The second kappa shape index (κ2) is 6.14. The summed E-state index contributed by atoms with van der Waals surface area (Å²) in [5.41, 5.74) is 0.257. The third-order valence-corrected chi connectivity index (χ3v) is 5.74. The summed E-state index contributed by atoms with van der Waals surface area (Å²) in [4.78, 5) is 2.03. The molecule has 0 aromatic heterocycles. The highest BCUT2D eigenvalue weighted by Gasteiger charge is 2.33. The standard InChI is InChI=1S/C15H21N3O2S/c1-15(2,13-16)17-8-10-18(11-9-17)21(19,20)12-14-6-4-3-5-7-14/h3-7H,8-12H2,1-2H3. The van der Waals surface area contributed by atoms with Gasteiger partial charge in [-0.3, -0.25) is 4.90 Å². The molecule has 0 amide bonds. The fourth-order valence-electron chi connectivity index (χ4n) is 2.47. The lowest BCUT2D eigenvalue weighted by molar-refractivity contribution is 0.115. The van der Waals surface area contributed by atoms with Gasteiger partial charge in [0, 0.05) is 26.2 Å². The Kier molecular flexibility index (Phi) is 4.67. The van der Waals surface area contributed by atoms with Crippen molar-refractivity contribution in [2.75, 3.05) is 26.2 Å². The van der Waals surface area contributed by atoms with E-state index in [-0.39, 0.29) is 5.75 Å². The molecule has 1 saturated heterocycles. The van der Waals surface area contributed by atoms with E-state index in [1.807, 2.05) is 49.1 Å². The van der Waals surface area contributed by atoms with Gasteiger partial charge in [-0.15, -0.1) is 0 Å². The molecule has 0 unspecified atom stereocenters. The number of benzene rings is 1. The molecule has 1 aliphatic rings. The SMILES string of the molecule is CC(C)(C#N)N1CCN(S(=O)(=O)Cc2ccccc2)CC1. The molecular weight excluding hydrogens is 286 g/mol. The van der Waals surface area contributed by atoms with Crippen molar-refractivity contribution < 1.29 is 8.42 Å². The number of sulfonamides is 1. The van der Waals surface area contributed by atoms with Crippen molar-refractivity contribution in [2.24, 2.45) is 0 Å². The Balaban J connectivity index is 2.00. The van der Waals surface area contributed by atoms with Crippen molar-refractivity contribution >= 4 is 10.0 Å². The summed E-state index contributed by atoms with van der Waals surface area (Å²) in [5.74, 6) is 0.0372. The van der Waals surface area contributed by atoms with Gasteiger partial charge in [-0.05, 0) is 19.4 Å². The van der Waals surface area contributed by atoms with Gasteiger partial charge in [-0.1, -0.05) is 30.3 Å². The molecule has 0 aliphatic carbocycles. The van der Waals surface area contributed by atoms with Crippen LogP contribution in [0.3, 0.4) is 0 Å². The largest absolute Gasteiger partial charge is 0.283 e. The molecular formula is C15H21N3O2S. The summed E-state index contributed by atoms with van der Waals surface area (Å²) in [6.45, 7) is 5.80. The Hall–Kier alpha value is -1.42. The zero-order chi connectivity index (χ0) is 15.5.